The average Bonchev–Trinajstić information content (AvgIpc) is 3.09. The van der Waals surface area contributed by atoms with Gasteiger partial charge in [-0.25, -0.2) is 4.39 Å². The maximum Gasteiger partial charge on any atom is 0.289 e. The van der Waals surface area contributed by atoms with Crippen LogP contribution in [0.2, 0.25) is 0 Å². The van der Waals surface area contributed by atoms with Crippen LogP contribution in [0.25, 0.3) is 0 Å². The molecule has 2 aromatic rings. The van der Waals surface area contributed by atoms with Crippen LogP contribution < -0.4 is 0 Å². The number of hydrogen-bond acceptors (Lipinski definition) is 4. The molecule has 1 unspecified atom stereocenters. The summed E-state index contributed by atoms with van der Waals surface area (Å²) in [7, 11) is 0. The molecular formula is C18H21FN2O3. The minimum Gasteiger partial charge on any atom is -0.459 e. The summed E-state index contributed by atoms with van der Waals surface area (Å²) in [6.45, 7) is 4.81. The van der Waals surface area contributed by atoms with Gasteiger partial charge in [-0.3, -0.25) is 9.69 Å². The quantitative estimate of drug-likeness (QED) is 0.933. The van der Waals surface area contributed by atoms with Crippen LogP contribution in [0.1, 0.15) is 27.8 Å². The summed E-state index contributed by atoms with van der Waals surface area (Å²) in [6.07, 6.45) is 0.822. The van der Waals surface area contributed by atoms with E-state index in [2.05, 4.69) is 4.90 Å². The molecule has 6 heteroatoms. The molecule has 0 aliphatic carbocycles. The van der Waals surface area contributed by atoms with Crippen molar-refractivity contribution in [2.45, 2.75) is 13.0 Å². The first kappa shape index (κ1) is 16.7. The van der Waals surface area contributed by atoms with Gasteiger partial charge in [-0.1, -0.05) is 6.07 Å². The number of carbonyl (C=O) groups is 1. The van der Waals surface area contributed by atoms with Crippen LogP contribution in [-0.4, -0.2) is 53.5 Å². The van der Waals surface area contributed by atoms with E-state index in [-0.39, 0.29) is 11.7 Å². The molecule has 2 heterocycles. The summed E-state index contributed by atoms with van der Waals surface area (Å²) < 4.78 is 18.3. The third-order valence-corrected chi connectivity index (χ3v) is 4.41. The van der Waals surface area contributed by atoms with Crippen molar-refractivity contribution >= 4 is 5.91 Å². The minimum absolute atomic E-state index is 0.102. The number of rotatable bonds is 4. The Balaban J connectivity index is 1.54. The maximum absolute atomic E-state index is 13.2. The van der Waals surface area contributed by atoms with E-state index in [1.54, 1.807) is 30.0 Å². The lowest BCUT2D eigenvalue weighted by Crippen LogP contribution is -2.49. The van der Waals surface area contributed by atoms with Crippen molar-refractivity contribution in [2.75, 3.05) is 32.7 Å². The number of halogens is 1. The Morgan fingerprint density at radius 1 is 1.29 bits per heavy atom. The first-order chi connectivity index (χ1) is 11.5. The molecule has 0 bridgehead atoms. The Morgan fingerprint density at radius 2 is 2.04 bits per heavy atom. The zero-order chi connectivity index (χ0) is 17.1. The molecule has 5 nitrogen and oxygen atoms in total. The Morgan fingerprint density at radius 3 is 2.67 bits per heavy atom. The molecule has 1 amide bonds. The second-order valence-electron chi connectivity index (χ2n) is 6.09. The first-order valence-corrected chi connectivity index (χ1v) is 8.04. The van der Waals surface area contributed by atoms with Crippen LogP contribution in [0.4, 0.5) is 4.39 Å². The highest BCUT2D eigenvalue weighted by molar-refractivity contribution is 5.91. The van der Waals surface area contributed by atoms with Crippen molar-refractivity contribution in [3.8, 4) is 0 Å². The van der Waals surface area contributed by atoms with Gasteiger partial charge >= 0.3 is 0 Å². The second kappa shape index (κ2) is 7.15. The predicted molar refractivity (Wildman–Crippen MR) is 87.1 cm³/mol. The molecular weight excluding hydrogens is 311 g/mol. The van der Waals surface area contributed by atoms with Gasteiger partial charge < -0.3 is 14.4 Å². The van der Waals surface area contributed by atoms with Crippen LogP contribution in [0, 0.1) is 12.7 Å². The number of benzene rings is 1. The number of β-amino-alcohol motifs (C(OH)–C–C–N with tert-alkyl or cyclic N) is 1. The number of amides is 1. The number of carbonyl (C=O) groups excluding carboxylic acids is 1. The molecule has 3 rings (SSSR count). The number of aryl methyl sites for hydroxylation is 1. The molecule has 1 saturated heterocycles. The number of aliphatic hydroxyl groups excluding tert-OH is 1. The zero-order valence-electron chi connectivity index (χ0n) is 13.6. The molecule has 1 aliphatic rings. The molecule has 24 heavy (non-hydrogen) atoms. The van der Waals surface area contributed by atoms with E-state index in [0.717, 1.165) is 11.1 Å². The first-order valence-electron chi connectivity index (χ1n) is 8.04. The Bertz CT molecular complexity index is 694. The predicted octanol–water partition coefficient (Wildman–Crippen LogP) is 2.22. The molecule has 128 valence electrons. The van der Waals surface area contributed by atoms with Gasteiger partial charge in [-0.15, -0.1) is 0 Å². The van der Waals surface area contributed by atoms with Crippen molar-refractivity contribution in [3.05, 3.63) is 59.3 Å². The lowest BCUT2D eigenvalue weighted by Gasteiger charge is -2.35. The second-order valence-corrected chi connectivity index (χ2v) is 6.09. The Kier molecular flexibility index (Phi) is 4.97. The molecule has 1 fully saturated rings. The summed E-state index contributed by atoms with van der Waals surface area (Å²) >= 11 is 0. The fourth-order valence-corrected chi connectivity index (χ4v) is 3.05. The fourth-order valence-electron chi connectivity index (χ4n) is 3.05. The van der Waals surface area contributed by atoms with Crippen LogP contribution in [0.3, 0.4) is 0 Å². The van der Waals surface area contributed by atoms with Crippen LogP contribution in [0.5, 0.6) is 0 Å². The van der Waals surface area contributed by atoms with Crippen molar-refractivity contribution in [1.29, 1.82) is 0 Å². The Hall–Kier alpha value is -2.18. The fraction of sp³-hybridized carbons (Fsp3) is 0.389. The lowest BCUT2D eigenvalue weighted by molar-refractivity contribution is 0.0502. The summed E-state index contributed by atoms with van der Waals surface area (Å²) in [6, 6.07) is 7.79. The maximum atomic E-state index is 13.2. The molecule has 0 saturated carbocycles. The lowest BCUT2D eigenvalue weighted by atomic mass is 10.0. The van der Waals surface area contributed by atoms with Gasteiger partial charge in [0.1, 0.15) is 5.82 Å². The van der Waals surface area contributed by atoms with Gasteiger partial charge in [0.2, 0.25) is 0 Å². The van der Waals surface area contributed by atoms with Gasteiger partial charge in [0.15, 0.2) is 5.76 Å². The molecule has 1 aromatic heterocycles. The number of aliphatic hydroxyl groups is 1. The van der Waals surface area contributed by atoms with E-state index >= 15 is 0 Å². The van der Waals surface area contributed by atoms with Crippen LogP contribution in [-0.2, 0) is 0 Å². The third-order valence-electron chi connectivity index (χ3n) is 4.41. The largest absolute Gasteiger partial charge is 0.459 e. The molecule has 1 atom stereocenters. The number of nitrogens with zero attached hydrogens (tertiary/aromatic N) is 2. The summed E-state index contributed by atoms with van der Waals surface area (Å²) in [5.74, 6) is -0.0477. The topological polar surface area (TPSA) is 56.9 Å². The summed E-state index contributed by atoms with van der Waals surface area (Å²) in [5, 5.41) is 10.4. The van der Waals surface area contributed by atoms with Crippen molar-refractivity contribution in [1.82, 2.24) is 9.80 Å². The van der Waals surface area contributed by atoms with E-state index in [0.29, 0.717) is 38.5 Å². The van der Waals surface area contributed by atoms with E-state index < -0.39 is 6.10 Å². The van der Waals surface area contributed by atoms with Gasteiger partial charge in [-0.2, -0.15) is 0 Å². The van der Waals surface area contributed by atoms with Crippen LogP contribution in [0.15, 0.2) is 41.0 Å². The molecule has 1 aromatic carbocycles. The van der Waals surface area contributed by atoms with Gasteiger partial charge in [0, 0.05) is 32.7 Å². The van der Waals surface area contributed by atoms with Gasteiger partial charge in [0.25, 0.3) is 5.91 Å². The standard InChI is InChI=1S/C18H21FN2O3/c1-13-11-14(19)4-5-15(13)16(22)12-20-6-8-21(9-7-20)18(23)17-3-2-10-24-17/h2-5,10-11,16,22H,6-9,12H2,1H3. The van der Waals surface area contributed by atoms with E-state index in [9.17, 15) is 14.3 Å². The van der Waals surface area contributed by atoms with E-state index in [1.165, 1.54) is 18.4 Å². The van der Waals surface area contributed by atoms with Crippen molar-refractivity contribution in [2.24, 2.45) is 0 Å². The third kappa shape index (κ3) is 3.66. The average molecular weight is 332 g/mol. The van der Waals surface area contributed by atoms with E-state index in [4.69, 9.17) is 4.42 Å². The van der Waals surface area contributed by atoms with Gasteiger partial charge in [-0.05, 0) is 42.3 Å². The minimum atomic E-state index is -0.669. The highest BCUT2D eigenvalue weighted by Crippen LogP contribution is 2.20. The number of furan rings is 1. The highest BCUT2D eigenvalue weighted by Gasteiger charge is 2.25. The molecule has 1 aliphatic heterocycles. The highest BCUT2D eigenvalue weighted by atomic mass is 19.1. The SMILES string of the molecule is Cc1cc(F)ccc1C(O)CN1CCN(C(=O)c2ccco2)CC1. The zero-order valence-corrected chi connectivity index (χ0v) is 13.6. The van der Waals surface area contributed by atoms with Crippen molar-refractivity contribution < 1.29 is 18.7 Å². The summed E-state index contributed by atoms with van der Waals surface area (Å²) in [5.41, 5.74) is 1.49. The molecule has 0 spiro atoms. The summed E-state index contributed by atoms with van der Waals surface area (Å²) in [4.78, 5) is 16.1. The number of piperazine rings is 1. The Labute approximate surface area is 140 Å². The molecule has 1 N–H and O–H groups in total. The normalized spacial score (nSPS) is 17.0. The van der Waals surface area contributed by atoms with Gasteiger partial charge in [0.05, 0.1) is 12.4 Å². The molecule has 0 radical (unpaired) electrons. The smallest absolute Gasteiger partial charge is 0.289 e. The van der Waals surface area contributed by atoms with E-state index in [1.807, 2.05) is 0 Å². The van der Waals surface area contributed by atoms with Crippen molar-refractivity contribution in [3.63, 3.8) is 0 Å². The van der Waals surface area contributed by atoms with Crippen LogP contribution >= 0.6 is 0 Å². The number of hydrogen-bond donors (Lipinski definition) is 1. The monoisotopic (exact) mass is 332 g/mol.